The molecule has 0 unspecified atom stereocenters. The van der Waals surface area contributed by atoms with Crippen LogP contribution < -0.4 is 10.6 Å². The molecular formula is C16H20N8O. The zero-order valence-electron chi connectivity index (χ0n) is 14.3. The summed E-state index contributed by atoms with van der Waals surface area (Å²) in [6, 6.07) is 8.95. The van der Waals surface area contributed by atoms with Crippen molar-refractivity contribution < 1.29 is 4.79 Å². The maximum Gasteiger partial charge on any atom is 0.319 e. The molecule has 0 radical (unpaired) electrons. The lowest BCUT2D eigenvalue weighted by molar-refractivity contribution is 0.249. The predicted octanol–water partition coefficient (Wildman–Crippen LogP) is 1.66. The van der Waals surface area contributed by atoms with E-state index in [0.29, 0.717) is 17.9 Å². The highest BCUT2D eigenvalue weighted by atomic mass is 16.2. The molecule has 130 valence electrons. The number of nitrogens with one attached hydrogen (secondary N) is 3. The molecule has 0 aliphatic carbocycles. The number of carbonyl (C=O) groups is 1. The lowest BCUT2D eigenvalue weighted by Crippen LogP contribution is -2.37. The predicted molar refractivity (Wildman–Crippen MR) is 92.9 cm³/mol. The Morgan fingerprint density at radius 3 is 2.88 bits per heavy atom. The first-order chi connectivity index (χ1) is 12.0. The third kappa shape index (κ3) is 4.40. The van der Waals surface area contributed by atoms with Gasteiger partial charge in [0.05, 0.1) is 12.7 Å². The van der Waals surface area contributed by atoms with Gasteiger partial charge in [-0.1, -0.05) is 12.1 Å². The third-order valence-electron chi connectivity index (χ3n) is 3.54. The minimum atomic E-state index is -0.274. The Balaban J connectivity index is 1.59. The van der Waals surface area contributed by atoms with Crippen LogP contribution in [0.3, 0.4) is 0 Å². The van der Waals surface area contributed by atoms with Crippen molar-refractivity contribution in [2.45, 2.75) is 26.3 Å². The monoisotopic (exact) mass is 340 g/mol. The van der Waals surface area contributed by atoms with Gasteiger partial charge in [0.25, 0.3) is 0 Å². The zero-order chi connectivity index (χ0) is 17.8. The molecule has 2 heterocycles. The molecule has 0 fully saturated rings. The smallest absolute Gasteiger partial charge is 0.319 e. The number of carbonyl (C=O) groups excluding carboxylic acids is 1. The number of hydrogen-bond acceptors (Lipinski definition) is 5. The van der Waals surface area contributed by atoms with Crippen molar-refractivity contribution >= 4 is 11.7 Å². The standard InChI is InChI=1S/C16H20N8O/c1-10(7-14-8-11(2)19-20-14)17-16(25)18-13-6-4-5-12(9-13)15-21-23-24(3)22-15/h4-6,8-10H,7H2,1-3H3,(H,19,20)(H2,17,18,25)/t10-/m1/s1. The van der Waals surface area contributed by atoms with Crippen molar-refractivity contribution in [3.63, 3.8) is 0 Å². The second-order valence-corrected chi connectivity index (χ2v) is 5.93. The minimum Gasteiger partial charge on any atom is -0.335 e. The first kappa shape index (κ1) is 16.6. The Labute approximate surface area is 144 Å². The number of hydrogen-bond donors (Lipinski definition) is 3. The van der Waals surface area contributed by atoms with Gasteiger partial charge in [0.1, 0.15) is 0 Å². The number of aromatic amines is 1. The Kier molecular flexibility index (Phi) is 4.73. The van der Waals surface area contributed by atoms with Crippen molar-refractivity contribution in [2.75, 3.05) is 5.32 Å². The summed E-state index contributed by atoms with van der Waals surface area (Å²) in [4.78, 5) is 13.6. The molecule has 9 nitrogen and oxygen atoms in total. The summed E-state index contributed by atoms with van der Waals surface area (Å²) in [6.45, 7) is 3.88. The lowest BCUT2D eigenvalue weighted by Gasteiger charge is -2.13. The van der Waals surface area contributed by atoms with Gasteiger partial charge in [-0.25, -0.2) is 4.79 Å². The maximum absolute atomic E-state index is 12.2. The van der Waals surface area contributed by atoms with Gasteiger partial charge in [0.15, 0.2) is 0 Å². The summed E-state index contributed by atoms with van der Waals surface area (Å²) in [5, 5.41) is 24.7. The van der Waals surface area contributed by atoms with Crippen molar-refractivity contribution in [1.29, 1.82) is 0 Å². The third-order valence-corrected chi connectivity index (χ3v) is 3.54. The number of aryl methyl sites for hydroxylation is 2. The van der Waals surface area contributed by atoms with E-state index in [9.17, 15) is 4.79 Å². The SMILES string of the molecule is Cc1cc(C[C@@H](C)NC(=O)Nc2cccc(-c3nnn(C)n3)c2)n[nH]1. The normalized spacial score (nSPS) is 12.0. The van der Waals surface area contributed by atoms with Crippen LogP contribution in [-0.2, 0) is 13.5 Å². The van der Waals surface area contributed by atoms with Gasteiger partial charge in [0.2, 0.25) is 5.82 Å². The van der Waals surface area contributed by atoms with Gasteiger partial charge >= 0.3 is 6.03 Å². The van der Waals surface area contributed by atoms with Crippen molar-refractivity contribution in [3.8, 4) is 11.4 Å². The lowest BCUT2D eigenvalue weighted by atomic mass is 10.2. The number of amides is 2. The molecule has 3 N–H and O–H groups in total. The summed E-state index contributed by atoms with van der Waals surface area (Å²) < 4.78 is 0. The molecule has 0 bridgehead atoms. The first-order valence-electron chi connectivity index (χ1n) is 7.92. The average molecular weight is 340 g/mol. The van der Waals surface area contributed by atoms with E-state index in [4.69, 9.17) is 0 Å². The largest absolute Gasteiger partial charge is 0.335 e. The van der Waals surface area contributed by atoms with Crippen LogP contribution in [0.1, 0.15) is 18.3 Å². The fourth-order valence-corrected chi connectivity index (χ4v) is 2.47. The molecule has 0 aliphatic heterocycles. The molecule has 1 aromatic carbocycles. The van der Waals surface area contributed by atoms with E-state index in [2.05, 4.69) is 36.2 Å². The highest BCUT2D eigenvalue weighted by molar-refractivity contribution is 5.90. The number of rotatable bonds is 5. The number of tetrazole rings is 1. The number of nitrogens with zero attached hydrogens (tertiary/aromatic N) is 5. The van der Waals surface area contributed by atoms with Crippen molar-refractivity contribution in [2.24, 2.45) is 7.05 Å². The van der Waals surface area contributed by atoms with Crippen LogP contribution >= 0.6 is 0 Å². The van der Waals surface area contributed by atoms with E-state index in [1.165, 1.54) is 4.80 Å². The second-order valence-electron chi connectivity index (χ2n) is 5.93. The number of anilines is 1. The van der Waals surface area contributed by atoms with E-state index >= 15 is 0 Å². The van der Waals surface area contributed by atoms with Crippen LogP contribution in [0.5, 0.6) is 0 Å². The van der Waals surface area contributed by atoms with Crippen LogP contribution in [0.2, 0.25) is 0 Å². The molecule has 2 aromatic heterocycles. The van der Waals surface area contributed by atoms with Crippen LogP contribution in [0, 0.1) is 6.92 Å². The topological polar surface area (TPSA) is 113 Å². The summed E-state index contributed by atoms with van der Waals surface area (Å²) in [6.07, 6.45) is 0.654. The van der Waals surface area contributed by atoms with E-state index in [-0.39, 0.29) is 12.1 Å². The van der Waals surface area contributed by atoms with Crippen LogP contribution in [-0.4, -0.2) is 42.5 Å². The molecule has 1 atom stereocenters. The Morgan fingerprint density at radius 2 is 2.20 bits per heavy atom. The Morgan fingerprint density at radius 1 is 1.36 bits per heavy atom. The van der Waals surface area contributed by atoms with E-state index in [0.717, 1.165) is 17.0 Å². The maximum atomic E-state index is 12.2. The summed E-state index contributed by atoms with van der Waals surface area (Å²) in [5.74, 6) is 0.508. The van der Waals surface area contributed by atoms with E-state index in [1.54, 1.807) is 19.2 Å². The number of H-pyrrole nitrogens is 1. The molecule has 2 amide bonds. The molecule has 0 spiro atoms. The zero-order valence-corrected chi connectivity index (χ0v) is 14.3. The Hall–Kier alpha value is -3.23. The van der Waals surface area contributed by atoms with Crippen LogP contribution in [0.15, 0.2) is 30.3 Å². The van der Waals surface area contributed by atoms with E-state index < -0.39 is 0 Å². The first-order valence-corrected chi connectivity index (χ1v) is 7.92. The second kappa shape index (κ2) is 7.12. The average Bonchev–Trinajstić information content (AvgIpc) is 3.16. The quantitative estimate of drug-likeness (QED) is 0.654. The summed E-state index contributed by atoms with van der Waals surface area (Å²) in [7, 11) is 1.70. The number of benzene rings is 1. The van der Waals surface area contributed by atoms with Gasteiger partial charge in [-0.05, 0) is 37.3 Å². The summed E-state index contributed by atoms with van der Waals surface area (Å²) >= 11 is 0. The molecule has 0 saturated carbocycles. The van der Waals surface area contributed by atoms with Gasteiger partial charge in [0, 0.05) is 29.4 Å². The Bertz CT molecular complexity index is 868. The molecular weight excluding hydrogens is 320 g/mol. The van der Waals surface area contributed by atoms with Crippen LogP contribution in [0.4, 0.5) is 10.5 Å². The highest BCUT2D eigenvalue weighted by Gasteiger charge is 2.11. The van der Waals surface area contributed by atoms with Crippen molar-refractivity contribution in [1.82, 2.24) is 35.7 Å². The number of aromatic nitrogens is 6. The fraction of sp³-hybridized carbons (Fsp3) is 0.312. The highest BCUT2D eigenvalue weighted by Crippen LogP contribution is 2.18. The molecule has 25 heavy (non-hydrogen) atoms. The molecule has 0 saturated heterocycles. The molecule has 0 aliphatic rings. The molecule has 3 aromatic rings. The summed E-state index contributed by atoms with van der Waals surface area (Å²) in [5.41, 5.74) is 3.36. The van der Waals surface area contributed by atoms with E-state index in [1.807, 2.05) is 32.0 Å². The van der Waals surface area contributed by atoms with Gasteiger partial charge < -0.3 is 10.6 Å². The van der Waals surface area contributed by atoms with Gasteiger partial charge in [-0.2, -0.15) is 9.90 Å². The van der Waals surface area contributed by atoms with Gasteiger partial charge in [-0.3, -0.25) is 5.10 Å². The van der Waals surface area contributed by atoms with Crippen LogP contribution in [0.25, 0.3) is 11.4 Å². The molecule has 9 heteroatoms. The number of urea groups is 1. The van der Waals surface area contributed by atoms with Gasteiger partial charge in [-0.15, -0.1) is 10.2 Å². The minimum absolute atomic E-state index is 0.0486. The molecule has 3 rings (SSSR count). The fourth-order valence-electron chi connectivity index (χ4n) is 2.47. The van der Waals surface area contributed by atoms with Crippen molar-refractivity contribution in [3.05, 3.63) is 41.7 Å².